The van der Waals surface area contributed by atoms with E-state index >= 15 is 0 Å². The zero-order valence-corrected chi connectivity index (χ0v) is 6.59. The fourth-order valence-corrected chi connectivity index (χ4v) is 1.36. The molecule has 1 saturated carbocycles. The molecule has 0 spiro atoms. The number of alkyl halides is 1. The molecule has 0 aromatic heterocycles. The first-order chi connectivity index (χ1) is 3.79. The summed E-state index contributed by atoms with van der Waals surface area (Å²) in [5.41, 5.74) is 0. The molecule has 0 nitrogen and oxygen atoms in total. The molecule has 0 unspecified atom stereocenters. The fourth-order valence-electron chi connectivity index (χ4n) is 1.36. The van der Waals surface area contributed by atoms with E-state index in [9.17, 15) is 4.39 Å². The van der Waals surface area contributed by atoms with Gasteiger partial charge in [0, 0.05) is 0 Å². The quantitative estimate of drug-likeness (QED) is 0.501. The van der Waals surface area contributed by atoms with E-state index in [2.05, 4.69) is 6.92 Å². The predicted molar refractivity (Wildman–Crippen MR) is 39.8 cm³/mol. The molecular formula is C7H14ClF. The molecule has 0 N–H and O–H groups in total. The van der Waals surface area contributed by atoms with Crippen LogP contribution in [-0.2, 0) is 0 Å². The summed E-state index contributed by atoms with van der Waals surface area (Å²) in [5, 5.41) is 0. The van der Waals surface area contributed by atoms with E-state index < -0.39 is 6.17 Å². The fraction of sp³-hybridized carbons (Fsp3) is 1.00. The summed E-state index contributed by atoms with van der Waals surface area (Å²) >= 11 is 0. The standard InChI is InChI=1S/C7H13F.ClH/c1-6-3-2-4-7(8)5-6;/h6-7H,2-5H2,1H3;1H/t6-,7+;/m1./s1. The largest absolute Gasteiger partial charge is 0.247 e. The summed E-state index contributed by atoms with van der Waals surface area (Å²) in [7, 11) is 0. The highest BCUT2D eigenvalue weighted by molar-refractivity contribution is 5.85. The Balaban J connectivity index is 0.000000640. The van der Waals surface area contributed by atoms with Crippen LogP contribution in [0.4, 0.5) is 4.39 Å². The second-order valence-electron chi connectivity index (χ2n) is 2.87. The molecule has 0 aliphatic heterocycles. The Kier molecular flexibility index (Phi) is 4.20. The molecule has 1 fully saturated rings. The number of hydrogen-bond donors (Lipinski definition) is 0. The van der Waals surface area contributed by atoms with Crippen molar-refractivity contribution >= 4 is 12.4 Å². The van der Waals surface area contributed by atoms with Crippen molar-refractivity contribution in [3.8, 4) is 0 Å². The molecule has 0 amide bonds. The van der Waals surface area contributed by atoms with Crippen LogP contribution in [0.15, 0.2) is 0 Å². The maximum Gasteiger partial charge on any atom is 0.100 e. The van der Waals surface area contributed by atoms with E-state index in [1.54, 1.807) is 0 Å². The average molecular weight is 153 g/mol. The lowest BCUT2D eigenvalue weighted by atomic mass is 9.90. The summed E-state index contributed by atoms with van der Waals surface area (Å²) in [6, 6.07) is 0. The van der Waals surface area contributed by atoms with Gasteiger partial charge < -0.3 is 0 Å². The van der Waals surface area contributed by atoms with Crippen molar-refractivity contribution in [2.24, 2.45) is 5.92 Å². The molecule has 2 heteroatoms. The van der Waals surface area contributed by atoms with E-state index in [0.29, 0.717) is 5.92 Å². The highest BCUT2D eigenvalue weighted by atomic mass is 35.5. The van der Waals surface area contributed by atoms with Gasteiger partial charge in [0.15, 0.2) is 0 Å². The van der Waals surface area contributed by atoms with Gasteiger partial charge in [-0.3, -0.25) is 0 Å². The normalized spacial score (nSPS) is 35.3. The summed E-state index contributed by atoms with van der Waals surface area (Å²) in [5.74, 6) is 0.638. The van der Waals surface area contributed by atoms with Gasteiger partial charge >= 0.3 is 0 Å². The third-order valence-electron chi connectivity index (χ3n) is 1.87. The van der Waals surface area contributed by atoms with Gasteiger partial charge in [-0.1, -0.05) is 19.8 Å². The van der Waals surface area contributed by atoms with Crippen molar-refractivity contribution in [2.75, 3.05) is 0 Å². The van der Waals surface area contributed by atoms with Crippen LogP contribution in [0.1, 0.15) is 32.6 Å². The van der Waals surface area contributed by atoms with Gasteiger partial charge in [-0.2, -0.15) is 0 Å². The Morgan fingerprint density at radius 2 is 2.00 bits per heavy atom. The molecule has 56 valence electrons. The lowest BCUT2D eigenvalue weighted by molar-refractivity contribution is 0.208. The van der Waals surface area contributed by atoms with Crippen molar-refractivity contribution in [3.63, 3.8) is 0 Å². The minimum absolute atomic E-state index is 0. The summed E-state index contributed by atoms with van der Waals surface area (Å²) in [6.45, 7) is 2.13. The molecule has 1 aliphatic rings. The molecule has 2 atom stereocenters. The molecule has 0 aromatic carbocycles. The second kappa shape index (κ2) is 4.10. The number of halogens is 2. The van der Waals surface area contributed by atoms with Crippen molar-refractivity contribution in [2.45, 2.75) is 38.8 Å². The number of hydrogen-bond acceptors (Lipinski definition) is 0. The van der Waals surface area contributed by atoms with Gasteiger partial charge in [-0.05, 0) is 18.8 Å². The monoisotopic (exact) mass is 152 g/mol. The lowest BCUT2D eigenvalue weighted by Crippen LogP contribution is -2.12. The molecule has 1 rings (SSSR count). The van der Waals surface area contributed by atoms with Gasteiger partial charge in [-0.15, -0.1) is 12.4 Å². The Labute approximate surface area is 62.2 Å². The van der Waals surface area contributed by atoms with E-state index in [1.165, 1.54) is 6.42 Å². The van der Waals surface area contributed by atoms with E-state index in [-0.39, 0.29) is 12.4 Å². The third-order valence-corrected chi connectivity index (χ3v) is 1.87. The van der Waals surface area contributed by atoms with Crippen LogP contribution in [0.5, 0.6) is 0 Å². The molecule has 9 heavy (non-hydrogen) atoms. The minimum Gasteiger partial charge on any atom is -0.247 e. The molecule has 0 saturated heterocycles. The average Bonchev–Trinajstić information content (AvgIpc) is 1.64. The van der Waals surface area contributed by atoms with Gasteiger partial charge in [0.25, 0.3) is 0 Å². The molecule has 0 heterocycles. The Morgan fingerprint density at radius 1 is 1.33 bits per heavy atom. The second-order valence-corrected chi connectivity index (χ2v) is 2.87. The molecule has 1 aliphatic carbocycles. The predicted octanol–water partition coefficient (Wildman–Crippen LogP) is 2.96. The summed E-state index contributed by atoms with van der Waals surface area (Å²) < 4.78 is 12.4. The van der Waals surface area contributed by atoms with Crippen LogP contribution < -0.4 is 0 Å². The highest BCUT2D eigenvalue weighted by Crippen LogP contribution is 2.25. The topological polar surface area (TPSA) is 0 Å². The maximum atomic E-state index is 12.4. The van der Waals surface area contributed by atoms with Crippen LogP contribution in [0, 0.1) is 5.92 Å². The Bertz CT molecular complexity index is 67.3. The Hall–Kier alpha value is 0.220. The first-order valence-electron chi connectivity index (χ1n) is 3.43. The van der Waals surface area contributed by atoms with Crippen molar-refractivity contribution in [1.82, 2.24) is 0 Å². The minimum atomic E-state index is -0.487. The third kappa shape index (κ3) is 3.04. The first-order valence-corrected chi connectivity index (χ1v) is 3.43. The van der Waals surface area contributed by atoms with Crippen molar-refractivity contribution in [1.29, 1.82) is 0 Å². The van der Waals surface area contributed by atoms with Gasteiger partial charge in [0.1, 0.15) is 6.17 Å². The smallest absolute Gasteiger partial charge is 0.100 e. The molecular weight excluding hydrogens is 139 g/mol. The number of rotatable bonds is 0. The first kappa shape index (κ1) is 9.22. The molecule has 0 bridgehead atoms. The summed E-state index contributed by atoms with van der Waals surface area (Å²) in [4.78, 5) is 0. The van der Waals surface area contributed by atoms with E-state index in [0.717, 1.165) is 19.3 Å². The van der Waals surface area contributed by atoms with Gasteiger partial charge in [0.05, 0.1) is 0 Å². The molecule has 0 aromatic rings. The van der Waals surface area contributed by atoms with Crippen LogP contribution in [0.3, 0.4) is 0 Å². The van der Waals surface area contributed by atoms with Crippen molar-refractivity contribution < 1.29 is 4.39 Å². The lowest BCUT2D eigenvalue weighted by Gasteiger charge is -2.20. The molecule has 0 radical (unpaired) electrons. The van der Waals surface area contributed by atoms with E-state index in [4.69, 9.17) is 0 Å². The van der Waals surface area contributed by atoms with Crippen molar-refractivity contribution in [3.05, 3.63) is 0 Å². The maximum absolute atomic E-state index is 12.4. The highest BCUT2D eigenvalue weighted by Gasteiger charge is 2.16. The summed E-state index contributed by atoms with van der Waals surface area (Å²) in [6.07, 6.45) is 3.46. The van der Waals surface area contributed by atoms with Gasteiger partial charge in [0.2, 0.25) is 0 Å². The van der Waals surface area contributed by atoms with Crippen LogP contribution in [0.2, 0.25) is 0 Å². The van der Waals surface area contributed by atoms with Gasteiger partial charge in [-0.25, -0.2) is 4.39 Å². The zero-order valence-electron chi connectivity index (χ0n) is 5.77. The SMILES string of the molecule is C[C@@H]1CCC[C@H](F)C1.Cl. The van der Waals surface area contributed by atoms with Crippen LogP contribution in [-0.4, -0.2) is 6.17 Å². The Morgan fingerprint density at radius 3 is 2.33 bits per heavy atom. The zero-order chi connectivity index (χ0) is 5.98. The van der Waals surface area contributed by atoms with Crippen LogP contribution in [0.25, 0.3) is 0 Å². The van der Waals surface area contributed by atoms with E-state index in [1.807, 2.05) is 0 Å². The van der Waals surface area contributed by atoms with Crippen LogP contribution >= 0.6 is 12.4 Å².